The highest BCUT2D eigenvalue weighted by Gasteiger charge is 2.37. The molecule has 2 aliphatic heterocycles. The standard InChI is InChI=1S/C21H25N3S/c1-22-21-24(19-11-5-6-12-20(19)25-21)18-13-15-23(16-18)14-7-10-17-8-3-2-4-9-17/h2-12,18,21-22H,13-16H2,1H3. The van der Waals surface area contributed by atoms with Crippen molar-refractivity contribution in [1.82, 2.24) is 10.2 Å². The lowest BCUT2D eigenvalue weighted by molar-refractivity contribution is 0.368. The summed E-state index contributed by atoms with van der Waals surface area (Å²) in [5.41, 5.74) is 3.01. The molecule has 1 saturated heterocycles. The molecule has 130 valence electrons. The molecule has 2 aromatic carbocycles. The van der Waals surface area contributed by atoms with Gasteiger partial charge in [-0.2, -0.15) is 0 Å². The fourth-order valence-electron chi connectivity index (χ4n) is 3.77. The van der Waals surface area contributed by atoms with Crippen LogP contribution in [0.3, 0.4) is 0 Å². The molecule has 2 heterocycles. The Labute approximate surface area is 154 Å². The van der Waals surface area contributed by atoms with E-state index in [2.05, 4.69) is 88.9 Å². The van der Waals surface area contributed by atoms with Gasteiger partial charge < -0.3 is 4.90 Å². The number of fused-ring (bicyclic) bond motifs is 1. The lowest BCUT2D eigenvalue weighted by Gasteiger charge is -2.32. The van der Waals surface area contributed by atoms with E-state index in [9.17, 15) is 0 Å². The molecule has 1 fully saturated rings. The molecular formula is C21H25N3S. The van der Waals surface area contributed by atoms with Crippen LogP contribution in [0.25, 0.3) is 6.08 Å². The highest BCUT2D eigenvalue weighted by atomic mass is 32.2. The highest BCUT2D eigenvalue weighted by Crippen LogP contribution is 2.44. The van der Waals surface area contributed by atoms with Gasteiger partial charge in [0.1, 0.15) is 5.50 Å². The molecule has 0 bridgehead atoms. The van der Waals surface area contributed by atoms with Crippen molar-refractivity contribution in [3.8, 4) is 0 Å². The molecule has 0 aliphatic carbocycles. The summed E-state index contributed by atoms with van der Waals surface area (Å²) in [5, 5.41) is 3.47. The van der Waals surface area contributed by atoms with Gasteiger partial charge in [-0.15, -0.1) is 0 Å². The SMILES string of the molecule is CNC1Sc2ccccc2N1C1CCN(CC=Cc2ccccc2)C1. The van der Waals surface area contributed by atoms with Gasteiger partial charge in [-0.25, -0.2) is 0 Å². The molecule has 4 heteroatoms. The number of nitrogens with zero attached hydrogens (tertiary/aromatic N) is 2. The van der Waals surface area contributed by atoms with Crippen LogP contribution in [0.15, 0.2) is 65.6 Å². The molecule has 25 heavy (non-hydrogen) atoms. The molecule has 0 radical (unpaired) electrons. The van der Waals surface area contributed by atoms with Gasteiger partial charge in [0.05, 0.1) is 5.69 Å². The molecule has 0 amide bonds. The minimum Gasteiger partial charge on any atom is -0.342 e. The molecule has 0 saturated carbocycles. The summed E-state index contributed by atoms with van der Waals surface area (Å²) < 4.78 is 0. The van der Waals surface area contributed by atoms with Crippen molar-refractivity contribution in [3.05, 3.63) is 66.2 Å². The summed E-state index contributed by atoms with van der Waals surface area (Å²) in [6, 6.07) is 19.9. The minimum absolute atomic E-state index is 0.349. The van der Waals surface area contributed by atoms with Crippen molar-refractivity contribution in [1.29, 1.82) is 0 Å². The maximum absolute atomic E-state index is 3.47. The number of nitrogens with one attached hydrogen (secondary N) is 1. The normalized spacial score (nSPS) is 23.5. The van der Waals surface area contributed by atoms with Gasteiger partial charge in [0.2, 0.25) is 0 Å². The van der Waals surface area contributed by atoms with Crippen molar-refractivity contribution < 1.29 is 0 Å². The maximum atomic E-state index is 3.47. The quantitative estimate of drug-likeness (QED) is 0.880. The average molecular weight is 352 g/mol. The molecular weight excluding hydrogens is 326 g/mol. The topological polar surface area (TPSA) is 18.5 Å². The van der Waals surface area contributed by atoms with E-state index >= 15 is 0 Å². The first-order valence-electron chi connectivity index (χ1n) is 9.00. The Morgan fingerprint density at radius 2 is 1.92 bits per heavy atom. The van der Waals surface area contributed by atoms with E-state index in [1.54, 1.807) is 0 Å². The van der Waals surface area contributed by atoms with Crippen LogP contribution in [0, 0.1) is 0 Å². The third kappa shape index (κ3) is 3.61. The molecule has 2 unspecified atom stereocenters. The van der Waals surface area contributed by atoms with Gasteiger partial charge in [-0.1, -0.05) is 66.4 Å². The molecule has 1 N–H and O–H groups in total. The highest BCUT2D eigenvalue weighted by molar-refractivity contribution is 8.00. The van der Waals surface area contributed by atoms with Gasteiger partial charge >= 0.3 is 0 Å². The summed E-state index contributed by atoms with van der Waals surface area (Å²) in [5.74, 6) is 0. The largest absolute Gasteiger partial charge is 0.342 e. The van der Waals surface area contributed by atoms with Crippen LogP contribution in [-0.2, 0) is 0 Å². The molecule has 2 aromatic rings. The van der Waals surface area contributed by atoms with E-state index in [4.69, 9.17) is 0 Å². The number of para-hydroxylation sites is 1. The Bertz CT molecular complexity index is 731. The number of anilines is 1. The monoisotopic (exact) mass is 351 g/mol. The zero-order valence-electron chi connectivity index (χ0n) is 14.6. The van der Waals surface area contributed by atoms with Crippen LogP contribution in [-0.4, -0.2) is 43.1 Å². The van der Waals surface area contributed by atoms with Crippen LogP contribution in [0.2, 0.25) is 0 Å². The number of likely N-dealkylation sites (tertiary alicyclic amines) is 1. The van der Waals surface area contributed by atoms with Crippen LogP contribution >= 0.6 is 11.8 Å². The van der Waals surface area contributed by atoms with Crippen molar-refractivity contribution in [2.75, 3.05) is 31.6 Å². The zero-order valence-corrected chi connectivity index (χ0v) is 15.5. The number of thioether (sulfide) groups is 1. The molecule has 2 aliphatic rings. The Morgan fingerprint density at radius 3 is 2.76 bits per heavy atom. The van der Waals surface area contributed by atoms with Crippen LogP contribution in [0.4, 0.5) is 5.69 Å². The number of hydrogen-bond acceptors (Lipinski definition) is 4. The molecule has 2 atom stereocenters. The Morgan fingerprint density at radius 1 is 1.12 bits per heavy atom. The first-order valence-corrected chi connectivity index (χ1v) is 9.88. The van der Waals surface area contributed by atoms with Gasteiger partial charge in [-0.3, -0.25) is 10.2 Å². The lowest BCUT2D eigenvalue weighted by atomic mass is 10.2. The summed E-state index contributed by atoms with van der Waals surface area (Å²) in [6.45, 7) is 3.33. The Hall–Kier alpha value is -1.75. The van der Waals surface area contributed by atoms with Gasteiger partial charge in [-0.05, 0) is 31.2 Å². The van der Waals surface area contributed by atoms with E-state index in [0.717, 1.165) is 13.1 Å². The first-order chi connectivity index (χ1) is 12.3. The Kier molecular flexibility index (Phi) is 5.11. The van der Waals surface area contributed by atoms with E-state index in [-0.39, 0.29) is 0 Å². The van der Waals surface area contributed by atoms with Crippen LogP contribution < -0.4 is 10.2 Å². The van der Waals surface area contributed by atoms with Crippen LogP contribution in [0.5, 0.6) is 0 Å². The van der Waals surface area contributed by atoms with Gasteiger partial charge in [0, 0.05) is 30.6 Å². The second-order valence-electron chi connectivity index (χ2n) is 6.65. The van der Waals surface area contributed by atoms with Gasteiger partial charge in [0.15, 0.2) is 0 Å². The predicted molar refractivity (Wildman–Crippen MR) is 108 cm³/mol. The van der Waals surface area contributed by atoms with E-state index in [1.165, 1.54) is 29.1 Å². The second kappa shape index (κ2) is 7.65. The summed E-state index contributed by atoms with van der Waals surface area (Å²) in [4.78, 5) is 6.54. The number of hydrogen-bond donors (Lipinski definition) is 1. The van der Waals surface area contributed by atoms with E-state index in [0.29, 0.717) is 11.5 Å². The maximum Gasteiger partial charge on any atom is 0.132 e. The smallest absolute Gasteiger partial charge is 0.132 e. The summed E-state index contributed by atoms with van der Waals surface area (Å²) in [7, 11) is 2.06. The minimum atomic E-state index is 0.349. The molecule has 0 aromatic heterocycles. The van der Waals surface area contributed by atoms with Gasteiger partial charge in [0.25, 0.3) is 0 Å². The summed E-state index contributed by atoms with van der Waals surface area (Å²) >= 11 is 1.93. The molecule has 4 rings (SSSR count). The Balaban J connectivity index is 1.39. The lowest BCUT2D eigenvalue weighted by Crippen LogP contribution is -2.46. The van der Waals surface area contributed by atoms with Crippen LogP contribution in [0.1, 0.15) is 12.0 Å². The molecule has 3 nitrogen and oxygen atoms in total. The zero-order chi connectivity index (χ0) is 17.1. The summed E-state index contributed by atoms with van der Waals surface area (Å²) in [6.07, 6.45) is 5.75. The van der Waals surface area contributed by atoms with Crippen molar-refractivity contribution >= 4 is 23.5 Å². The van der Waals surface area contributed by atoms with Crippen molar-refractivity contribution in [3.63, 3.8) is 0 Å². The third-order valence-electron chi connectivity index (χ3n) is 5.00. The second-order valence-corrected chi connectivity index (χ2v) is 7.77. The molecule has 0 spiro atoms. The van der Waals surface area contributed by atoms with Crippen molar-refractivity contribution in [2.24, 2.45) is 0 Å². The van der Waals surface area contributed by atoms with E-state index < -0.39 is 0 Å². The first kappa shape index (κ1) is 16.7. The predicted octanol–water partition coefficient (Wildman–Crippen LogP) is 3.89. The fourth-order valence-corrected chi connectivity index (χ4v) is 4.98. The van der Waals surface area contributed by atoms with Crippen molar-refractivity contribution in [2.45, 2.75) is 22.9 Å². The fraction of sp³-hybridized carbons (Fsp3) is 0.333. The number of rotatable bonds is 5. The van der Waals surface area contributed by atoms with E-state index in [1.807, 2.05) is 11.8 Å². The third-order valence-corrected chi connectivity index (χ3v) is 6.28. The number of benzene rings is 2. The average Bonchev–Trinajstić information content (AvgIpc) is 3.26.